The Morgan fingerprint density at radius 3 is 2.62 bits per heavy atom. The van der Waals surface area contributed by atoms with E-state index < -0.39 is 5.56 Å². The van der Waals surface area contributed by atoms with Gasteiger partial charge in [0.1, 0.15) is 29.8 Å². The Labute approximate surface area is 202 Å². The molecule has 0 amide bonds. The fourth-order valence-electron chi connectivity index (χ4n) is 3.05. The average molecular weight is 518 g/mol. The molecule has 2 N–H and O–H groups in total. The number of benzene rings is 3. The summed E-state index contributed by atoms with van der Waals surface area (Å²) in [5.41, 5.74) is 4.19. The second-order valence-electron chi connectivity index (χ2n) is 7.08. The van der Waals surface area contributed by atoms with Gasteiger partial charge < -0.3 is 4.74 Å². The second-order valence-corrected chi connectivity index (χ2v) is 8.00. The van der Waals surface area contributed by atoms with Gasteiger partial charge in [-0.25, -0.2) is 14.8 Å². The van der Waals surface area contributed by atoms with Crippen LogP contribution in [0.3, 0.4) is 0 Å². The number of rotatable bonds is 7. The van der Waals surface area contributed by atoms with Crippen molar-refractivity contribution in [1.29, 1.82) is 5.26 Å². The molecule has 0 saturated carbocycles. The largest absolute Gasteiger partial charge is 0.489 e. The molecule has 4 aromatic rings. The minimum Gasteiger partial charge on any atom is -0.489 e. The van der Waals surface area contributed by atoms with Crippen LogP contribution in [0.25, 0.3) is 11.3 Å². The maximum Gasteiger partial charge on any atom is 0.270 e. The Kier molecular flexibility index (Phi) is 7.10. The SMILES string of the molecule is N#Cc1c(-c2ccccc2)nc(NN=Cc2ccc(OCc3ccc(Br)cc3F)cc2)[nH]c1=O. The number of nitrogens with one attached hydrogen (secondary N) is 2. The van der Waals surface area contributed by atoms with Crippen LogP contribution >= 0.6 is 15.9 Å². The maximum absolute atomic E-state index is 13.9. The van der Waals surface area contributed by atoms with Crippen molar-refractivity contribution >= 4 is 28.1 Å². The predicted octanol–water partition coefficient (Wildman–Crippen LogP) is 5.24. The van der Waals surface area contributed by atoms with Crippen molar-refractivity contribution in [3.05, 3.63) is 110 Å². The Balaban J connectivity index is 1.42. The van der Waals surface area contributed by atoms with Crippen LogP contribution in [0, 0.1) is 17.1 Å². The first-order valence-electron chi connectivity index (χ1n) is 10.1. The Morgan fingerprint density at radius 1 is 1.15 bits per heavy atom. The summed E-state index contributed by atoms with van der Waals surface area (Å²) in [5.74, 6) is 0.350. The normalized spacial score (nSPS) is 10.7. The summed E-state index contributed by atoms with van der Waals surface area (Å²) in [5, 5.41) is 13.4. The maximum atomic E-state index is 13.9. The molecule has 0 spiro atoms. The van der Waals surface area contributed by atoms with Crippen molar-refractivity contribution in [3.8, 4) is 23.1 Å². The third-order valence-electron chi connectivity index (χ3n) is 4.75. The van der Waals surface area contributed by atoms with Gasteiger partial charge in [0.25, 0.3) is 5.56 Å². The number of hydrazone groups is 1. The van der Waals surface area contributed by atoms with Crippen LogP contribution < -0.4 is 15.7 Å². The average Bonchev–Trinajstić information content (AvgIpc) is 2.84. The van der Waals surface area contributed by atoms with Gasteiger partial charge in [0.05, 0.1) is 11.9 Å². The van der Waals surface area contributed by atoms with Gasteiger partial charge in [-0.1, -0.05) is 52.3 Å². The summed E-state index contributed by atoms with van der Waals surface area (Å²) in [6.07, 6.45) is 1.54. The number of nitrogens with zero attached hydrogens (tertiary/aromatic N) is 3. The molecule has 4 rings (SSSR count). The monoisotopic (exact) mass is 517 g/mol. The van der Waals surface area contributed by atoms with E-state index in [1.54, 1.807) is 66.9 Å². The molecule has 1 heterocycles. The van der Waals surface area contributed by atoms with Gasteiger partial charge in [-0.2, -0.15) is 10.4 Å². The standard InChI is InChI=1S/C25H17BrFN5O2/c26-19-9-8-18(22(27)12-19)15-34-20-10-6-16(7-11-20)14-29-32-25-30-23(17-4-2-1-3-5-17)21(13-28)24(33)31-25/h1-12,14H,15H2,(H2,30,31,32,33). The molecule has 0 aliphatic heterocycles. The van der Waals surface area contributed by atoms with Crippen molar-refractivity contribution in [2.45, 2.75) is 6.61 Å². The van der Waals surface area contributed by atoms with Crippen molar-refractivity contribution in [3.63, 3.8) is 0 Å². The Morgan fingerprint density at radius 2 is 1.91 bits per heavy atom. The van der Waals surface area contributed by atoms with Crippen molar-refractivity contribution in [2.24, 2.45) is 5.10 Å². The molecule has 1 aromatic heterocycles. The highest BCUT2D eigenvalue weighted by molar-refractivity contribution is 9.10. The van der Waals surface area contributed by atoms with Gasteiger partial charge >= 0.3 is 0 Å². The molecule has 0 aliphatic rings. The zero-order chi connectivity index (χ0) is 23.9. The van der Waals surface area contributed by atoms with Gasteiger partial charge in [0.15, 0.2) is 0 Å². The highest BCUT2D eigenvalue weighted by atomic mass is 79.9. The smallest absolute Gasteiger partial charge is 0.270 e. The molecule has 0 radical (unpaired) electrons. The fourth-order valence-corrected chi connectivity index (χ4v) is 3.39. The molecule has 0 fully saturated rings. The molecular formula is C25H17BrFN5O2. The first kappa shape index (κ1) is 22.9. The third kappa shape index (κ3) is 5.54. The van der Waals surface area contributed by atoms with Gasteiger partial charge in [-0.15, -0.1) is 0 Å². The van der Waals surface area contributed by atoms with Crippen LogP contribution in [-0.2, 0) is 6.61 Å². The highest BCUT2D eigenvalue weighted by Gasteiger charge is 2.12. The van der Waals surface area contributed by atoms with Gasteiger partial charge in [-0.05, 0) is 42.0 Å². The number of aromatic nitrogens is 2. The molecule has 3 aromatic carbocycles. The van der Waals surface area contributed by atoms with E-state index in [-0.39, 0.29) is 29.6 Å². The summed E-state index contributed by atoms with van der Waals surface area (Å²) in [6.45, 7) is 0.107. The first-order chi connectivity index (χ1) is 16.5. The number of ether oxygens (including phenoxy) is 1. The van der Waals surface area contributed by atoms with E-state index in [2.05, 4.69) is 36.4 Å². The summed E-state index contributed by atoms with van der Waals surface area (Å²) in [6, 6.07) is 22.7. The van der Waals surface area contributed by atoms with Gasteiger partial charge in [0.2, 0.25) is 5.95 Å². The lowest BCUT2D eigenvalue weighted by Crippen LogP contribution is -2.16. The fraction of sp³-hybridized carbons (Fsp3) is 0.0400. The number of hydrogen-bond donors (Lipinski definition) is 2. The minimum absolute atomic E-state index is 0.0701. The number of H-pyrrole nitrogens is 1. The molecule has 7 nitrogen and oxygen atoms in total. The lowest BCUT2D eigenvalue weighted by atomic mass is 10.1. The van der Waals surface area contributed by atoms with Crippen LogP contribution in [0.2, 0.25) is 0 Å². The van der Waals surface area contributed by atoms with Gasteiger partial charge in [-0.3, -0.25) is 9.78 Å². The number of anilines is 1. The summed E-state index contributed by atoms with van der Waals surface area (Å²) < 4.78 is 20.2. The summed E-state index contributed by atoms with van der Waals surface area (Å²) in [7, 11) is 0. The lowest BCUT2D eigenvalue weighted by Gasteiger charge is -2.08. The quantitative estimate of drug-likeness (QED) is 0.258. The van der Waals surface area contributed by atoms with Gasteiger partial charge in [0, 0.05) is 15.6 Å². The van der Waals surface area contributed by atoms with Crippen molar-refractivity contribution < 1.29 is 9.13 Å². The van der Waals surface area contributed by atoms with Crippen LogP contribution in [-0.4, -0.2) is 16.2 Å². The molecule has 168 valence electrons. The predicted molar refractivity (Wildman–Crippen MR) is 131 cm³/mol. The van der Waals surface area contributed by atoms with E-state index in [0.29, 0.717) is 21.3 Å². The molecule has 0 aliphatic carbocycles. The van der Waals surface area contributed by atoms with Crippen LogP contribution in [0.5, 0.6) is 5.75 Å². The summed E-state index contributed by atoms with van der Waals surface area (Å²) >= 11 is 3.23. The lowest BCUT2D eigenvalue weighted by molar-refractivity contribution is 0.300. The van der Waals surface area contributed by atoms with E-state index in [1.165, 1.54) is 6.07 Å². The van der Waals surface area contributed by atoms with Crippen LogP contribution in [0.15, 0.2) is 87.2 Å². The number of hydrogen-bond acceptors (Lipinski definition) is 6. The number of nitriles is 1. The van der Waals surface area contributed by atoms with E-state index in [4.69, 9.17) is 4.74 Å². The Bertz CT molecular complexity index is 1430. The topological polar surface area (TPSA) is 103 Å². The Hall–Kier alpha value is -4.29. The van der Waals surface area contributed by atoms with E-state index >= 15 is 0 Å². The van der Waals surface area contributed by atoms with E-state index in [1.807, 2.05) is 12.1 Å². The molecule has 0 saturated heterocycles. The number of aromatic amines is 1. The van der Waals surface area contributed by atoms with E-state index in [9.17, 15) is 14.4 Å². The minimum atomic E-state index is -0.558. The first-order valence-corrected chi connectivity index (χ1v) is 10.9. The highest BCUT2D eigenvalue weighted by Crippen LogP contribution is 2.20. The molecule has 34 heavy (non-hydrogen) atoms. The van der Waals surface area contributed by atoms with E-state index in [0.717, 1.165) is 5.56 Å². The van der Waals surface area contributed by atoms with Crippen molar-refractivity contribution in [1.82, 2.24) is 9.97 Å². The van der Waals surface area contributed by atoms with Crippen LogP contribution in [0.4, 0.5) is 10.3 Å². The molecule has 9 heteroatoms. The third-order valence-corrected chi connectivity index (χ3v) is 5.25. The summed E-state index contributed by atoms with van der Waals surface area (Å²) in [4.78, 5) is 19.1. The number of halogens is 2. The molecule has 0 unspecified atom stereocenters. The van der Waals surface area contributed by atoms with Crippen LogP contribution in [0.1, 0.15) is 16.7 Å². The molecular weight excluding hydrogens is 501 g/mol. The zero-order valence-electron chi connectivity index (χ0n) is 17.6. The van der Waals surface area contributed by atoms with Crippen molar-refractivity contribution in [2.75, 3.05) is 5.43 Å². The molecule has 0 bridgehead atoms. The molecule has 0 atom stereocenters. The second kappa shape index (κ2) is 10.6. The zero-order valence-corrected chi connectivity index (χ0v) is 19.2.